The van der Waals surface area contributed by atoms with Gasteiger partial charge in [-0.15, -0.1) is 0 Å². The summed E-state index contributed by atoms with van der Waals surface area (Å²) < 4.78 is 31.6. The molecule has 0 spiro atoms. The number of thioether (sulfide) groups is 1. The summed E-state index contributed by atoms with van der Waals surface area (Å²) in [5, 5.41) is 10.9. The first-order valence-electron chi connectivity index (χ1n) is 11.5. The first-order chi connectivity index (χ1) is 18.7. The van der Waals surface area contributed by atoms with E-state index < -0.39 is 77.5 Å². The van der Waals surface area contributed by atoms with Crippen LogP contribution in [0, 0.1) is 0 Å². The number of nitrogens with one attached hydrogen (secondary N) is 1. The molecular formula is C24H27NO14S. The highest BCUT2D eigenvalue weighted by molar-refractivity contribution is 8.14. The first-order valence-corrected chi connectivity index (χ1v) is 12.4. The lowest BCUT2D eigenvalue weighted by atomic mass is 9.99. The normalized spacial score (nSPS) is 21.8. The van der Waals surface area contributed by atoms with Crippen molar-refractivity contribution in [3.8, 4) is 5.75 Å². The Kier molecular flexibility index (Phi) is 11.4. The Labute approximate surface area is 231 Å². The van der Waals surface area contributed by atoms with Crippen LogP contribution in [0.3, 0.4) is 0 Å². The molecule has 2 N–H and O–H groups in total. The molecule has 1 amide bonds. The zero-order valence-corrected chi connectivity index (χ0v) is 22.8. The minimum absolute atomic E-state index is 0.0318. The van der Waals surface area contributed by atoms with E-state index in [9.17, 15) is 38.7 Å². The van der Waals surface area contributed by atoms with Gasteiger partial charge < -0.3 is 38.8 Å². The number of carbonyl (C=O) groups is 7. The van der Waals surface area contributed by atoms with Crippen molar-refractivity contribution in [3.05, 3.63) is 23.8 Å². The maximum absolute atomic E-state index is 13.0. The van der Waals surface area contributed by atoms with E-state index in [2.05, 4.69) is 5.32 Å². The number of anilines is 1. The highest BCUT2D eigenvalue weighted by atomic mass is 32.2. The second-order valence-corrected chi connectivity index (χ2v) is 9.28. The van der Waals surface area contributed by atoms with Crippen molar-refractivity contribution in [2.45, 2.75) is 64.5 Å². The van der Waals surface area contributed by atoms with Gasteiger partial charge in [0.05, 0.1) is 0 Å². The molecule has 1 aliphatic rings. The number of esters is 5. The zero-order valence-electron chi connectivity index (χ0n) is 22.0. The molecule has 1 fully saturated rings. The van der Waals surface area contributed by atoms with Crippen LogP contribution in [0.2, 0.25) is 0 Å². The van der Waals surface area contributed by atoms with Crippen molar-refractivity contribution < 1.29 is 67.1 Å². The van der Waals surface area contributed by atoms with Gasteiger partial charge in [0.2, 0.25) is 0 Å². The average molecular weight is 586 g/mol. The zero-order chi connectivity index (χ0) is 30.1. The molecule has 2 rings (SSSR count). The molecule has 0 aromatic heterocycles. The standard InChI is InChI=1S/C24H27NO14S/c1-10(26)34-9-18-19(36-12(3)28)20(37-13(4)29)21(38-14(5)30)23(39-18)40-24(33)25-15-6-7-16(22(31)32)17(8-15)35-11(2)27/h6-8,18-21,23H,9H2,1-5H3,(H,25,33)(H,31,32)/t18-,19-,20+,21-,23?/m1/s1. The Balaban J connectivity index is 2.39. The largest absolute Gasteiger partial charge is 0.478 e. The maximum Gasteiger partial charge on any atom is 0.339 e. The van der Waals surface area contributed by atoms with Gasteiger partial charge in [0.15, 0.2) is 23.7 Å². The van der Waals surface area contributed by atoms with Crippen LogP contribution >= 0.6 is 11.8 Å². The fourth-order valence-electron chi connectivity index (χ4n) is 3.55. The fraction of sp³-hybridized carbons (Fsp3) is 0.458. The topological polar surface area (TPSA) is 207 Å². The summed E-state index contributed by atoms with van der Waals surface area (Å²) in [6, 6.07) is 3.45. The van der Waals surface area contributed by atoms with Gasteiger partial charge in [0.25, 0.3) is 5.24 Å². The SMILES string of the molecule is CC(=O)OC[C@H]1OC(SC(=O)Nc2ccc(C(=O)O)c(OC(C)=O)c2)[C@H](OC(C)=O)[C@@H](OC(C)=O)[C@@H]1OC(C)=O. The van der Waals surface area contributed by atoms with Gasteiger partial charge in [0.1, 0.15) is 24.0 Å². The number of benzene rings is 1. The molecule has 1 saturated heterocycles. The van der Waals surface area contributed by atoms with E-state index in [1.807, 2.05) is 0 Å². The smallest absolute Gasteiger partial charge is 0.339 e. The van der Waals surface area contributed by atoms with Crippen LogP contribution < -0.4 is 10.1 Å². The van der Waals surface area contributed by atoms with Crippen LogP contribution in [0.15, 0.2) is 18.2 Å². The minimum Gasteiger partial charge on any atom is -0.478 e. The number of hydrogen-bond acceptors (Lipinski definition) is 14. The Hall–Kier alpha value is -4.18. The van der Waals surface area contributed by atoms with Crippen LogP contribution in [-0.2, 0) is 47.7 Å². The molecule has 0 aliphatic carbocycles. The number of hydrogen-bond donors (Lipinski definition) is 2. The summed E-state index contributed by atoms with van der Waals surface area (Å²) in [5.41, 5.74) is -1.68. The van der Waals surface area contributed by atoms with Gasteiger partial charge in [-0.05, 0) is 23.9 Å². The van der Waals surface area contributed by atoms with Crippen molar-refractivity contribution >= 4 is 58.5 Å². The summed E-state index contributed by atoms with van der Waals surface area (Å²) in [5.74, 6) is -5.68. The maximum atomic E-state index is 13.0. The second-order valence-electron chi connectivity index (χ2n) is 8.21. The molecular weight excluding hydrogens is 558 g/mol. The molecule has 0 radical (unpaired) electrons. The monoisotopic (exact) mass is 585 g/mol. The van der Waals surface area contributed by atoms with Crippen molar-refractivity contribution in [3.63, 3.8) is 0 Å². The van der Waals surface area contributed by atoms with Gasteiger partial charge in [-0.25, -0.2) is 4.79 Å². The van der Waals surface area contributed by atoms with Crippen molar-refractivity contribution in [2.75, 3.05) is 11.9 Å². The van der Waals surface area contributed by atoms with Crippen LogP contribution in [0.1, 0.15) is 45.0 Å². The van der Waals surface area contributed by atoms with Crippen molar-refractivity contribution in [1.82, 2.24) is 0 Å². The second kappa shape index (κ2) is 14.3. The number of aromatic carboxylic acids is 1. The summed E-state index contributed by atoms with van der Waals surface area (Å²) >= 11 is 0.440. The third-order valence-corrected chi connectivity index (χ3v) is 5.81. The van der Waals surface area contributed by atoms with E-state index in [0.717, 1.165) is 46.8 Å². The third kappa shape index (κ3) is 9.53. The molecule has 0 bridgehead atoms. The van der Waals surface area contributed by atoms with Crippen LogP contribution in [0.5, 0.6) is 5.75 Å². The minimum atomic E-state index is -1.47. The van der Waals surface area contributed by atoms with E-state index in [4.69, 9.17) is 28.4 Å². The third-order valence-electron chi connectivity index (χ3n) is 4.88. The highest BCUT2D eigenvalue weighted by Crippen LogP contribution is 2.35. The quantitative estimate of drug-likeness (QED) is 0.240. The lowest BCUT2D eigenvalue weighted by Crippen LogP contribution is -2.61. The van der Waals surface area contributed by atoms with Gasteiger partial charge in [0, 0.05) is 46.4 Å². The van der Waals surface area contributed by atoms with E-state index in [1.165, 1.54) is 6.07 Å². The molecule has 5 atom stereocenters. The van der Waals surface area contributed by atoms with E-state index in [0.29, 0.717) is 11.8 Å². The summed E-state index contributed by atoms with van der Waals surface area (Å²) in [7, 11) is 0. The molecule has 40 heavy (non-hydrogen) atoms. The van der Waals surface area contributed by atoms with Crippen molar-refractivity contribution in [1.29, 1.82) is 0 Å². The molecule has 1 heterocycles. The van der Waals surface area contributed by atoms with E-state index in [-0.39, 0.29) is 17.0 Å². The molecule has 15 nitrogen and oxygen atoms in total. The van der Waals surface area contributed by atoms with Crippen LogP contribution in [0.25, 0.3) is 0 Å². The molecule has 1 aromatic rings. The van der Waals surface area contributed by atoms with Crippen molar-refractivity contribution in [2.24, 2.45) is 0 Å². The molecule has 1 unspecified atom stereocenters. The predicted octanol–water partition coefficient (Wildman–Crippen LogP) is 1.66. The first kappa shape index (κ1) is 32.0. The molecule has 218 valence electrons. The number of carboxylic acid groups (broad SMARTS) is 1. The van der Waals surface area contributed by atoms with Crippen LogP contribution in [0.4, 0.5) is 10.5 Å². The Bertz CT molecular complexity index is 1180. The number of amides is 1. The molecule has 1 aromatic carbocycles. The molecule has 16 heteroatoms. The van der Waals surface area contributed by atoms with E-state index in [1.54, 1.807) is 0 Å². The lowest BCUT2D eigenvalue weighted by molar-refractivity contribution is -0.237. The number of carboxylic acids is 1. The highest BCUT2D eigenvalue weighted by Gasteiger charge is 2.53. The van der Waals surface area contributed by atoms with E-state index >= 15 is 0 Å². The molecule has 1 aliphatic heterocycles. The fourth-order valence-corrected chi connectivity index (χ4v) is 4.48. The Morgan fingerprint density at radius 1 is 0.825 bits per heavy atom. The summed E-state index contributed by atoms with van der Waals surface area (Å²) in [4.78, 5) is 82.8. The Morgan fingerprint density at radius 3 is 1.93 bits per heavy atom. The van der Waals surface area contributed by atoms with Gasteiger partial charge in [-0.2, -0.15) is 0 Å². The number of rotatable bonds is 9. The predicted molar refractivity (Wildman–Crippen MR) is 133 cm³/mol. The lowest BCUT2D eigenvalue weighted by Gasteiger charge is -2.43. The summed E-state index contributed by atoms with van der Waals surface area (Å²) in [6.07, 6.45) is -5.57. The van der Waals surface area contributed by atoms with Gasteiger partial charge in [-0.3, -0.25) is 28.8 Å². The van der Waals surface area contributed by atoms with Gasteiger partial charge in [-0.1, -0.05) is 0 Å². The number of ether oxygens (including phenoxy) is 6. The summed E-state index contributed by atoms with van der Waals surface area (Å²) in [6.45, 7) is 4.90. The van der Waals surface area contributed by atoms with Crippen LogP contribution in [-0.4, -0.2) is 82.6 Å². The average Bonchev–Trinajstić information content (AvgIpc) is 2.80. The Morgan fingerprint density at radius 2 is 1.40 bits per heavy atom. The van der Waals surface area contributed by atoms with Gasteiger partial charge >= 0.3 is 35.8 Å². The number of carbonyl (C=O) groups excluding carboxylic acids is 6. The molecule has 0 saturated carbocycles.